The van der Waals surface area contributed by atoms with Crippen molar-refractivity contribution in [3.8, 4) is 5.75 Å². The minimum Gasteiger partial charge on any atom is -0.488 e. The zero-order valence-electron chi connectivity index (χ0n) is 17.5. The molecule has 0 heterocycles. The number of hydrogen-bond donors (Lipinski definition) is 2. The van der Waals surface area contributed by atoms with Gasteiger partial charge in [-0.25, -0.2) is 9.82 Å². The molecule has 6 nitrogen and oxygen atoms in total. The molecular formula is C24H20BrClFN3O3. The first-order valence-corrected chi connectivity index (χ1v) is 11.1. The molecular weight excluding hydrogens is 513 g/mol. The van der Waals surface area contributed by atoms with Crippen LogP contribution < -0.4 is 15.5 Å². The number of ether oxygens (including phenoxy) is 1. The summed E-state index contributed by atoms with van der Waals surface area (Å²) >= 11 is 9.40. The van der Waals surface area contributed by atoms with E-state index in [9.17, 15) is 14.0 Å². The van der Waals surface area contributed by atoms with Crippen molar-refractivity contribution in [1.29, 1.82) is 0 Å². The second-order valence-electron chi connectivity index (χ2n) is 6.98. The van der Waals surface area contributed by atoms with Crippen LogP contribution in [0.5, 0.6) is 5.75 Å². The van der Waals surface area contributed by atoms with E-state index in [2.05, 4.69) is 31.8 Å². The lowest BCUT2D eigenvalue weighted by molar-refractivity contribution is -0.139. The second-order valence-corrected chi connectivity index (χ2v) is 8.25. The van der Waals surface area contributed by atoms with Gasteiger partial charge in [0.1, 0.15) is 18.2 Å². The van der Waals surface area contributed by atoms with E-state index in [0.29, 0.717) is 15.8 Å². The third-order valence-electron chi connectivity index (χ3n) is 4.62. The van der Waals surface area contributed by atoms with Gasteiger partial charge < -0.3 is 10.1 Å². The smallest absolute Gasteiger partial charge is 0.329 e. The van der Waals surface area contributed by atoms with E-state index in [1.165, 1.54) is 18.3 Å². The van der Waals surface area contributed by atoms with E-state index >= 15 is 0 Å². The van der Waals surface area contributed by atoms with Crippen LogP contribution >= 0.6 is 27.5 Å². The fourth-order valence-electron chi connectivity index (χ4n) is 2.84. The van der Waals surface area contributed by atoms with Crippen LogP contribution in [-0.2, 0) is 16.2 Å². The molecule has 170 valence electrons. The molecule has 3 aromatic rings. The topological polar surface area (TPSA) is 79.8 Å². The van der Waals surface area contributed by atoms with Crippen molar-refractivity contribution in [3.63, 3.8) is 0 Å². The molecule has 0 bridgehead atoms. The summed E-state index contributed by atoms with van der Waals surface area (Å²) < 4.78 is 20.1. The number of carbonyl (C=O) groups excluding carboxylic acids is 2. The Morgan fingerprint density at radius 2 is 1.88 bits per heavy atom. The van der Waals surface area contributed by atoms with Crippen molar-refractivity contribution >= 4 is 45.6 Å². The number of hydrogen-bond acceptors (Lipinski definition) is 4. The zero-order valence-corrected chi connectivity index (χ0v) is 19.9. The van der Waals surface area contributed by atoms with Crippen LogP contribution in [0.3, 0.4) is 0 Å². The quantitative estimate of drug-likeness (QED) is 0.251. The number of carbonyl (C=O) groups is 2. The molecule has 3 aromatic carbocycles. The van der Waals surface area contributed by atoms with Gasteiger partial charge in [0.25, 0.3) is 0 Å². The van der Waals surface area contributed by atoms with Crippen LogP contribution in [0.4, 0.5) is 4.39 Å². The predicted molar refractivity (Wildman–Crippen MR) is 129 cm³/mol. The molecule has 0 aliphatic carbocycles. The second kappa shape index (κ2) is 11.6. The monoisotopic (exact) mass is 531 g/mol. The highest BCUT2D eigenvalue weighted by atomic mass is 79.9. The molecule has 0 radical (unpaired) electrons. The van der Waals surface area contributed by atoms with Crippen molar-refractivity contribution in [2.45, 2.75) is 19.6 Å². The summed E-state index contributed by atoms with van der Waals surface area (Å²) in [6, 6.07) is 18.5. The largest absolute Gasteiger partial charge is 0.488 e. The summed E-state index contributed by atoms with van der Waals surface area (Å²) in [5, 5.41) is 6.71. The maximum absolute atomic E-state index is 13.9. The number of rotatable bonds is 7. The molecule has 0 saturated heterocycles. The molecule has 0 aromatic heterocycles. The van der Waals surface area contributed by atoms with Crippen molar-refractivity contribution in [3.05, 3.63) is 98.7 Å². The molecule has 1 atom stereocenters. The summed E-state index contributed by atoms with van der Waals surface area (Å²) in [6.07, 6.45) is 1.38. The zero-order chi connectivity index (χ0) is 23.8. The molecule has 0 spiro atoms. The Balaban J connectivity index is 1.53. The molecule has 2 amide bonds. The molecule has 3 rings (SSSR count). The first kappa shape index (κ1) is 24.4. The Morgan fingerprint density at radius 3 is 2.58 bits per heavy atom. The highest BCUT2D eigenvalue weighted by Crippen LogP contribution is 2.28. The lowest BCUT2D eigenvalue weighted by atomic mass is 10.1. The van der Waals surface area contributed by atoms with Gasteiger partial charge in [0.15, 0.2) is 0 Å². The van der Waals surface area contributed by atoms with Gasteiger partial charge in [0.05, 0.1) is 21.8 Å². The van der Waals surface area contributed by atoms with Crippen LogP contribution in [-0.4, -0.2) is 18.0 Å². The Hall–Kier alpha value is -3.23. The summed E-state index contributed by atoms with van der Waals surface area (Å²) in [7, 11) is 0. The van der Waals surface area contributed by atoms with Crippen LogP contribution in [0.15, 0.2) is 76.3 Å². The summed E-state index contributed by atoms with van der Waals surface area (Å²) in [5.74, 6) is -1.64. The first-order chi connectivity index (χ1) is 15.8. The number of nitrogens with zero attached hydrogens (tertiary/aromatic N) is 1. The molecule has 33 heavy (non-hydrogen) atoms. The highest BCUT2D eigenvalue weighted by Gasteiger charge is 2.16. The van der Waals surface area contributed by atoms with E-state index in [4.69, 9.17) is 16.3 Å². The van der Waals surface area contributed by atoms with Gasteiger partial charge in [0.2, 0.25) is 0 Å². The van der Waals surface area contributed by atoms with Crippen LogP contribution in [0.2, 0.25) is 5.02 Å². The van der Waals surface area contributed by atoms with Crippen molar-refractivity contribution in [2.75, 3.05) is 0 Å². The highest BCUT2D eigenvalue weighted by molar-refractivity contribution is 9.10. The average molecular weight is 533 g/mol. The van der Waals surface area contributed by atoms with Gasteiger partial charge >= 0.3 is 11.8 Å². The number of nitrogens with one attached hydrogen (secondary N) is 2. The van der Waals surface area contributed by atoms with Gasteiger partial charge in [-0.3, -0.25) is 9.59 Å². The fourth-order valence-corrected chi connectivity index (χ4v) is 3.57. The van der Waals surface area contributed by atoms with Gasteiger partial charge in [-0.1, -0.05) is 48.0 Å². The Kier molecular flexibility index (Phi) is 8.57. The van der Waals surface area contributed by atoms with E-state index < -0.39 is 17.6 Å². The minimum absolute atomic E-state index is 0.0376. The molecule has 2 N–H and O–H groups in total. The molecule has 0 saturated carbocycles. The minimum atomic E-state index is -0.880. The van der Waals surface area contributed by atoms with E-state index in [-0.39, 0.29) is 23.2 Å². The standard InChI is InChI=1S/C24H20BrClFN3O3/c1-15(17-6-3-2-4-7-17)29-23(31)24(32)30-28-13-16-10-11-22(19(25)12-16)33-14-18-20(26)8-5-9-21(18)27/h2-13,15H,14H2,1H3,(H,29,31)(H,30,32)/b28-13-/t15-/m1/s1. The Morgan fingerprint density at radius 1 is 1.12 bits per heavy atom. The van der Waals surface area contributed by atoms with Crippen molar-refractivity contribution in [2.24, 2.45) is 5.10 Å². The van der Waals surface area contributed by atoms with Gasteiger partial charge in [-0.15, -0.1) is 0 Å². The summed E-state index contributed by atoms with van der Waals surface area (Å²) in [6.45, 7) is 1.75. The Bertz CT molecular complexity index is 1150. The summed E-state index contributed by atoms with van der Waals surface area (Å²) in [5.41, 5.74) is 3.98. The number of benzene rings is 3. The van der Waals surface area contributed by atoms with Crippen molar-refractivity contribution < 1.29 is 18.7 Å². The lowest BCUT2D eigenvalue weighted by Gasteiger charge is -2.13. The SMILES string of the molecule is C[C@@H](NC(=O)C(=O)N/N=C\c1ccc(OCc2c(F)cccc2Cl)c(Br)c1)c1ccccc1. The molecule has 0 unspecified atom stereocenters. The fraction of sp³-hybridized carbons (Fsp3) is 0.125. The van der Waals surface area contributed by atoms with Crippen LogP contribution in [0.1, 0.15) is 29.7 Å². The maximum atomic E-state index is 13.9. The molecule has 0 fully saturated rings. The number of halogens is 3. The lowest BCUT2D eigenvalue weighted by Crippen LogP contribution is -2.39. The molecule has 0 aliphatic heterocycles. The summed E-state index contributed by atoms with van der Waals surface area (Å²) in [4.78, 5) is 24.0. The number of amides is 2. The van der Waals surface area contributed by atoms with Gasteiger partial charge in [-0.2, -0.15) is 5.10 Å². The van der Waals surface area contributed by atoms with Crippen LogP contribution in [0, 0.1) is 5.82 Å². The molecule has 0 aliphatic rings. The maximum Gasteiger partial charge on any atom is 0.329 e. The number of hydrazone groups is 1. The van der Waals surface area contributed by atoms with E-state index in [0.717, 1.165) is 5.56 Å². The third kappa shape index (κ3) is 6.87. The third-order valence-corrected chi connectivity index (χ3v) is 5.60. The van der Waals surface area contributed by atoms with Crippen LogP contribution in [0.25, 0.3) is 0 Å². The van der Waals surface area contributed by atoms with E-state index in [1.54, 1.807) is 31.2 Å². The van der Waals surface area contributed by atoms with Gasteiger partial charge in [-0.05, 0) is 64.3 Å². The van der Waals surface area contributed by atoms with E-state index in [1.807, 2.05) is 30.3 Å². The van der Waals surface area contributed by atoms with Crippen molar-refractivity contribution in [1.82, 2.24) is 10.7 Å². The average Bonchev–Trinajstić information content (AvgIpc) is 2.80. The Labute approximate surface area is 203 Å². The first-order valence-electron chi connectivity index (χ1n) is 9.89. The van der Waals surface area contributed by atoms with Gasteiger partial charge in [0, 0.05) is 5.56 Å². The molecule has 9 heteroatoms. The predicted octanol–water partition coefficient (Wildman–Crippen LogP) is 5.15. The normalized spacial score (nSPS) is 11.8.